The van der Waals surface area contributed by atoms with E-state index in [1.807, 2.05) is 53.2 Å². The third-order valence-electron chi connectivity index (χ3n) is 6.05. The fraction of sp³-hybridized carbons (Fsp3) is 0.261. The van der Waals surface area contributed by atoms with Crippen LogP contribution in [0.2, 0.25) is 0 Å². The molecule has 8 nitrogen and oxygen atoms in total. The molecule has 1 fully saturated rings. The third kappa shape index (κ3) is 2.86. The number of nitrogens with zero attached hydrogens (tertiary/aromatic N) is 4. The SMILES string of the molecule is Cn1ncc2cccc(C3CCCN3C(=O)c3cc(-c4ccc5c(c4)OCO5)on3)c21. The zero-order valence-corrected chi connectivity index (χ0v) is 16.9. The summed E-state index contributed by atoms with van der Waals surface area (Å²) in [6, 6.07) is 13.4. The van der Waals surface area contributed by atoms with Gasteiger partial charge in [-0.05, 0) is 31.0 Å². The molecule has 1 atom stereocenters. The molecule has 2 aliphatic rings. The Bertz CT molecular complexity index is 1310. The van der Waals surface area contributed by atoms with Gasteiger partial charge in [0.1, 0.15) is 0 Å². The molecule has 0 saturated carbocycles. The van der Waals surface area contributed by atoms with E-state index in [4.69, 9.17) is 14.0 Å². The Hall–Kier alpha value is -3.81. The first-order valence-corrected chi connectivity index (χ1v) is 10.3. The summed E-state index contributed by atoms with van der Waals surface area (Å²) < 4.78 is 18.2. The van der Waals surface area contributed by atoms with Crippen LogP contribution in [0.1, 0.15) is 34.9 Å². The Kier molecular flexibility index (Phi) is 3.99. The van der Waals surface area contributed by atoms with Gasteiger partial charge in [-0.2, -0.15) is 5.10 Å². The minimum atomic E-state index is -0.127. The van der Waals surface area contributed by atoms with Crippen LogP contribution in [0, 0.1) is 0 Å². The van der Waals surface area contributed by atoms with Crippen molar-refractivity contribution in [3.05, 3.63) is 59.9 Å². The summed E-state index contributed by atoms with van der Waals surface area (Å²) in [6.45, 7) is 0.892. The van der Waals surface area contributed by atoms with E-state index in [2.05, 4.69) is 16.3 Å². The van der Waals surface area contributed by atoms with Crippen molar-refractivity contribution in [3.63, 3.8) is 0 Å². The smallest absolute Gasteiger partial charge is 0.276 e. The van der Waals surface area contributed by atoms with Gasteiger partial charge in [-0.1, -0.05) is 23.4 Å². The minimum Gasteiger partial charge on any atom is -0.454 e. The maximum absolute atomic E-state index is 13.4. The van der Waals surface area contributed by atoms with Gasteiger partial charge in [0, 0.05) is 36.2 Å². The van der Waals surface area contributed by atoms with Gasteiger partial charge in [0.2, 0.25) is 6.79 Å². The number of aryl methyl sites for hydroxylation is 1. The van der Waals surface area contributed by atoms with Crippen molar-refractivity contribution in [2.75, 3.05) is 13.3 Å². The second kappa shape index (κ2) is 6.87. The molecular formula is C23H20N4O4. The number of carbonyl (C=O) groups is 1. The van der Waals surface area contributed by atoms with Crippen LogP contribution in [0.3, 0.4) is 0 Å². The lowest BCUT2D eigenvalue weighted by atomic mass is 10.0. The first-order chi connectivity index (χ1) is 15.2. The average molecular weight is 416 g/mol. The maximum Gasteiger partial charge on any atom is 0.276 e. The van der Waals surface area contributed by atoms with Gasteiger partial charge >= 0.3 is 0 Å². The standard InChI is InChI=1S/C23H20N4O4/c1-26-22-15(12-24-26)4-2-5-16(22)18-6-3-9-27(18)23(28)17-11-20(31-25-17)14-7-8-19-21(10-14)30-13-29-19/h2,4-5,7-8,10-12,18H,3,6,9,13H2,1H3. The summed E-state index contributed by atoms with van der Waals surface area (Å²) in [5.41, 5.74) is 3.27. The van der Waals surface area contributed by atoms with Crippen LogP contribution in [0.4, 0.5) is 0 Å². The van der Waals surface area contributed by atoms with E-state index in [1.165, 1.54) is 0 Å². The van der Waals surface area contributed by atoms with E-state index >= 15 is 0 Å². The maximum atomic E-state index is 13.4. The first-order valence-electron chi connectivity index (χ1n) is 10.3. The molecule has 1 saturated heterocycles. The molecule has 2 aromatic carbocycles. The van der Waals surface area contributed by atoms with Crippen molar-refractivity contribution >= 4 is 16.8 Å². The average Bonchev–Trinajstić information content (AvgIpc) is 3.59. The van der Waals surface area contributed by atoms with Gasteiger partial charge in [-0.15, -0.1) is 0 Å². The van der Waals surface area contributed by atoms with E-state index in [0.717, 1.165) is 34.9 Å². The highest BCUT2D eigenvalue weighted by Crippen LogP contribution is 2.38. The van der Waals surface area contributed by atoms with Crippen LogP contribution in [0.25, 0.3) is 22.2 Å². The molecule has 0 bridgehead atoms. The predicted octanol–water partition coefficient (Wildman–Crippen LogP) is 3.93. The molecule has 4 aromatic rings. The normalized spacial score (nSPS) is 17.6. The highest BCUT2D eigenvalue weighted by Gasteiger charge is 2.33. The van der Waals surface area contributed by atoms with Crippen LogP contribution >= 0.6 is 0 Å². The van der Waals surface area contributed by atoms with Gasteiger partial charge in [-0.25, -0.2) is 0 Å². The molecule has 0 radical (unpaired) electrons. The lowest BCUT2D eigenvalue weighted by Crippen LogP contribution is -2.31. The van der Waals surface area contributed by atoms with E-state index in [-0.39, 0.29) is 18.7 Å². The van der Waals surface area contributed by atoms with E-state index in [9.17, 15) is 4.79 Å². The van der Waals surface area contributed by atoms with Crippen molar-refractivity contribution in [1.82, 2.24) is 19.8 Å². The topological polar surface area (TPSA) is 82.6 Å². The van der Waals surface area contributed by atoms with Gasteiger partial charge in [-0.3, -0.25) is 9.48 Å². The molecule has 156 valence electrons. The summed E-state index contributed by atoms with van der Waals surface area (Å²) in [4.78, 5) is 15.3. The van der Waals surface area contributed by atoms with Crippen molar-refractivity contribution in [1.29, 1.82) is 0 Å². The molecule has 1 unspecified atom stereocenters. The number of rotatable bonds is 3. The number of likely N-dealkylation sites (tertiary alicyclic amines) is 1. The molecule has 2 aromatic heterocycles. The Morgan fingerprint density at radius 1 is 1.13 bits per heavy atom. The summed E-state index contributed by atoms with van der Waals surface area (Å²) >= 11 is 0. The Labute approximate surface area is 177 Å². The van der Waals surface area contributed by atoms with Gasteiger partial charge < -0.3 is 18.9 Å². The molecule has 2 aliphatic heterocycles. The van der Waals surface area contributed by atoms with Gasteiger partial charge in [0.25, 0.3) is 5.91 Å². The van der Waals surface area contributed by atoms with Crippen molar-refractivity contribution in [2.45, 2.75) is 18.9 Å². The molecule has 4 heterocycles. The highest BCUT2D eigenvalue weighted by atomic mass is 16.7. The van der Waals surface area contributed by atoms with Crippen molar-refractivity contribution < 1.29 is 18.8 Å². The van der Waals surface area contributed by atoms with Gasteiger partial charge in [0.05, 0.1) is 17.8 Å². The van der Waals surface area contributed by atoms with Crippen LogP contribution in [-0.4, -0.2) is 39.1 Å². The lowest BCUT2D eigenvalue weighted by Gasteiger charge is -2.25. The van der Waals surface area contributed by atoms with E-state index < -0.39 is 0 Å². The third-order valence-corrected chi connectivity index (χ3v) is 6.05. The van der Waals surface area contributed by atoms with Crippen molar-refractivity contribution in [2.24, 2.45) is 7.05 Å². The van der Waals surface area contributed by atoms with E-state index in [1.54, 1.807) is 6.07 Å². The van der Waals surface area contributed by atoms with Crippen LogP contribution < -0.4 is 9.47 Å². The molecule has 6 rings (SSSR count). The fourth-order valence-electron chi connectivity index (χ4n) is 4.58. The molecule has 0 spiro atoms. The van der Waals surface area contributed by atoms with Crippen LogP contribution in [0.5, 0.6) is 11.5 Å². The predicted molar refractivity (Wildman–Crippen MR) is 112 cm³/mol. The molecule has 0 N–H and O–H groups in total. The quantitative estimate of drug-likeness (QED) is 0.503. The number of amides is 1. The number of para-hydroxylation sites is 1. The summed E-state index contributed by atoms with van der Waals surface area (Å²) in [5, 5.41) is 9.53. The largest absolute Gasteiger partial charge is 0.454 e. The van der Waals surface area contributed by atoms with Crippen molar-refractivity contribution in [3.8, 4) is 22.8 Å². The molecule has 31 heavy (non-hydrogen) atoms. The van der Waals surface area contributed by atoms with Crippen LogP contribution in [0.15, 0.2) is 53.2 Å². The number of ether oxygens (including phenoxy) is 2. The molecule has 8 heteroatoms. The second-order valence-electron chi connectivity index (χ2n) is 7.85. The minimum absolute atomic E-state index is 0.0164. The molecule has 0 aliphatic carbocycles. The Balaban J connectivity index is 1.31. The molecule has 1 amide bonds. The van der Waals surface area contributed by atoms with E-state index in [0.29, 0.717) is 29.5 Å². The summed E-state index contributed by atoms with van der Waals surface area (Å²) in [7, 11) is 1.93. The number of aromatic nitrogens is 3. The second-order valence-corrected chi connectivity index (χ2v) is 7.85. The molecular weight excluding hydrogens is 396 g/mol. The Morgan fingerprint density at radius 2 is 2.03 bits per heavy atom. The summed E-state index contributed by atoms with van der Waals surface area (Å²) in [5.74, 6) is 1.75. The lowest BCUT2D eigenvalue weighted by molar-refractivity contribution is 0.0726. The summed E-state index contributed by atoms with van der Waals surface area (Å²) in [6.07, 6.45) is 3.70. The van der Waals surface area contributed by atoms with Gasteiger partial charge in [0.15, 0.2) is 23.0 Å². The fourth-order valence-corrected chi connectivity index (χ4v) is 4.58. The number of hydrogen-bond donors (Lipinski definition) is 0. The number of benzene rings is 2. The number of fused-ring (bicyclic) bond motifs is 2. The number of hydrogen-bond acceptors (Lipinski definition) is 6. The Morgan fingerprint density at radius 3 is 2.97 bits per heavy atom. The zero-order valence-electron chi connectivity index (χ0n) is 16.9. The monoisotopic (exact) mass is 416 g/mol. The first kappa shape index (κ1) is 18.0. The zero-order chi connectivity index (χ0) is 20.9. The highest BCUT2D eigenvalue weighted by molar-refractivity contribution is 5.94. The number of carbonyl (C=O) groups excluding carboxylic acids is 1. The van der Waals surface area contributed by atoms with Crippen LogP contribution in [-0.2, 0) is 7.05 Å².